The van der Waals surface area contributed by atoms with Gasteiger partial charge in [-0.25, -0.2) is 18.4 Å². The van der Waals surface area contributed by atoms with Crippen molar-refractivity contribution in [1.82, 2.24) is 9.55 Å². The molecule has 7 nitrogen and oxygen atoms in total. The van der Waals surface area contributed by atoms with E-state index in [9.17, 15) is 18.0 Å². The molecule has 0 aliphatic heterocycles. The van der Waals surface area contributed by atoms with Crippen molar-refractivity contribution < 1.29 is 8.42 Å². The van der Waals surface area contributed by atoms with Crippen molar-refractivity contribution in [3.8, 4) is 0 Å². The molecule has 0 atom stereocenters. The molecular weight excluding hydrogens is 234 g/mol. The first-order valence-electron chi connectivity index (χ1n) is 4.73. The molecule has 0 aliphatic rings. The molecule has 8 heteroatoms. The summed E-state index contributed by atoms with van der Waals surface area (Å²) in [6.07, 6.45) is 2.53. The Labute approximate surface area is 92.0 Å². The van der Waals surface area contributed by atoms with Crippen molar-refractivity contribution in [3.05, 3.63) is 27.0 Å². The standard InChI is InChI=1S/C8H13N3O4S/c1-2-3-4-11-5-6(16(9,14)15)7(12)10-8(11)13/h5H,2-4H2,1H3,(H2,9,14,15)(H,10,12,13). The molecule has 0 saturated carbocycles. The number of hydrogen-bond acceptors (Lipinski definition) is 4. The van der Waals surface area contributed by atoms with Gasteiger partial charge in [0.15, 0.2) is 4.90 Å². The van der Waals surface area contributed by atoms with Gasteiger partial charge in [0.2, 0.25) is 10.0 Å². The average Bonchev–Trinajstić information content (AvgIpc) is 2.14. The lowest BCUT2D eigenvalue weighted by Gasteiger charge is -2.05. The van der Waals surface area contributed by atoms with Crippen LogP contribution in [-0.2, 0) is 16.6 Å². The number of sulfonamides is 1. The number of rotatable bonds is 4. The quantitative estimate of drug-likeness (QED) is 0.708. The van der Waals surface area contributed by atoms with Crippen molar-refractivity contribution >= 4 is 10.0 Å². The summed E-state index contributed by atoms with van der Waals surface area (Å²) in [4.78, 5) is 23.8. The molecule has 1 heterocycles. The maximum absolute atomic E-state index is 11.3. The SMILES string of the molecule is CCCCn1cc(S(N)(=O)=O)c(=O)[nH]c1=O. The number of primary sulfonamides is 1. The summed E-state index contributed by atoms with van der Waals surface area (Å²) < 4.78 is 23.2. The van der Waals surface area contributed by atoms with Crippen LogP contribution < -0.4 is 16.4 Å². The van der Waals surface area contributed by atoms with E-state index in [-0.39, 0.29) is 0 Å². The van der Waals surface area contributed by atoms with Gasteiger partial charge in [-0.15, -0.1) is 0 Å². The highest BCUT2D eigenvalue weighted by atomic mass is 32.2. The zero-order chi connectivity index (χ0) is 12.3. The van der Waals surface area contributed by atoms with Crippen LogP contribution in [0.15, 0.2) is 20.7 Å². The Balaban J connectivity index is 3.34. The normalized spacial score (nSPS) is 11.6. The van der Waals surface area contributed by atoms with E-state index in [4.69, 9.17) is 5.14 Å². The van der Waals surface area contributed by atoms with E-state index in [1.54, 1.807) is 0 Å². The second-order valence-corrected chi connectivity index (χ2v) is 4.87. The van der Waals surface area contributed by atoms with Gasteiger partial charge < -0.3 is 0 Å². The Morgan fingerprint density at radius 3 is 2.56 bits per heavy atom. The number of aryl methyl sites for hydroxylation is 1. The number of H-pyrrole nitrogens is 1. The molecule has 0 unspecified atom stereocenters. The highest BCUT2D eigenvalue weighted by molar-refractivity contribution is 7.89. The monoisotopic (exact) mass is 247 g/mol. The molecule has 0 spiro atoms. The zero-order valence-electron chi connectivity index (χ0n) is 8.76. The van der Waals surface area contributed by atoms with Gasteiger partial charge in [-0.2, -0.15) is 0 Å². The highest BCUT2D eigenvalue weighted by Gasteiger charge is 2.15. The van der Waals surface area contributed by atoms with Crippen LogP contribution in [0.25, 0.3) is 0 Å². The Morgan fingerprint density at radius 1 is 1.44 bits per heavy atom. The molecule has 1 aromatic rings. The van der Waals surface area contributed by atoms with Crippen molar-refractivity contribution in [1.29, 1.82) is 0 Å². The van der Waals surface area contributed by atoms with Crippen LogP contribution in [0.5, 0.6) is 0 Å². The van der Waals surface area contributed by atoms with Crippen LogP contribution in [0.2, 0.25) is 0 Å². The van der Waals surface area contributed by atoms with Gasteiger partial charge >= 0.3 is 5.69 Å². The fourth-order valence-corrected chi connectivity index (χ4v) is 1.77. The summed E-state index contributed by atoms with van der Waals surface area (Å²) in [6, 6.07) is 0. The van der Waals surface area contributed by atoms with Gasteiger partial charge in [0.25, 0.3) is 5.56 Å². The summed E-state index contributed by atoms with van der Waals surface area (Å²) in [5, 5.41) is 4.84. The molecular formula is C8H13N3O4S. The van der Waals surface area contributed by atoms with Gasteiger partial charge in [0, 0.05) is 12.7 Å². The molecule has 16 heavy (non-hydrogen) atoms. The Kier molecular flexibility index (Phi) is 3.66. The van der Waals surface area contributed by atoms with E-state index in [0.29, 0.717) is 13.0 Å². The highest BCUT2D eigenvalue weighted by Crippen LogP contribution is 1.97. The largest absolute Gasteiger partial charge is 0.328 e. The summed E-state index contributed by atoms with van der Waals surface area (Å²) >= 11 is 0. The van der Waals surface area contributed by atoms with E-state index >= 15 is 0 Å². The van der Waals surface area contributed by atoms with E-state index in [1.165, 1.54) is 0 Å². The summed E-state index contributed by atoms with van der Waals surface area (Å²) in [5.41, 5.74) is -1.62. The van der Waals surface area contributed by atoms with Crippen LogP contribution in [0.1, 0.15) is 19.8 Å². The number of unbranched alkanes of at least 4 members (excludes halogenated alkanes) is 1. The molecule has 3 N–H and O–H groups in total. The predicted octanol–water partition coefficient (Wildman–Crippen LogP) is -1.02. The van der Waals surface area contributed by atoms with Gasteiger partial charge in [0.1, 0.15) is 0 Å². The Bertz CT molecular complexity index is 584. The summed E-state index contributed by atoms with van der Waals surface area (Å²) in [7, 11) is -4.10. The van der Waals surface area contributed by atoms with Gasteiger partial charge in [-0.3, -0.25) is 14.3 Å². The lowest BCUT2D eigenvalue weighted by atomic mass is 10.3. The molecule has 1 aromatic heterocycles. The fraction of sp³-hybridized carbons (Fsp3) is 0.500. The Hall–Kier alpha value is -1.41. The molecule has 0 fully saturated rings. The molecule has 0 radical (unpaired) electrons. The van der Waals surface area contributed by atoms with Crippen LogP contribution >= 0.6 is 0 Å². The summed E-state index contributed by atoms with van der Waals surface area (Å²) in [5.74, 6) is 0. The second kappa shape index (κ2) is 4.62. The molecule has 0 aliphatic carbocycles. The van der Waals surface area contributed by atoms with Crippen LogP contribution in [0.4, 0.5) is 0 Å². The van der Waals surface area contributed by atoms with E-state index in [0.717, 1.165) is 17.2 Å². The number of nitrogens with one attached hydrogen (secondary N) is 1. The lowest BCUT2D eigenvalue weighted by Crippen LogP contribution is -2.34. The molecule has 0 saturated heterocycles. The molecule has 1 rings (SSSR count). The maximum atomic E-state index is 11.3. The fourth-order valence-electron chi connectivity index (χ4n) is 1.19. The van der Waals surface area contributed by atoms with E-state index in [1.807, 2.05) is 11.9 Å². The molecule has 0 amide bonds. The second-order valence-electron chi connectivity index (χ2n) is 3.34. The number of nitrogens with two attached hydrogens (primary N) is 1. The van der Waals surface area contributed by atoms with Gasteiger partial charge in [-0.05, 0) is 6.42 Å². The third-order valence-corrected chi connectivity index (χ3v) is 2.94. The first-order valence-corrected chi connectivity index (χ1v) is 6.27. The van der Waals surface area contributed by atoms with E-state index < -0.39 is 26.2 Å². The van der Waals surface area contributed by atoms with Crippen LogP contribution in [0.3, 0.4) is 0 Å². The van der Waals surface area contributed by atoms with Gasteiger partial charge in [-0.1, -0.05) is 13.3 Å². The van der Waals surface area contributed by atoms with Crippen molar-refractivity contribution in [2.24, 2.45) is 5.14 Å². The smallest absolute Gasteiger partial charge is 0.299 e. The lowest BCUT2D eigenvalue weighted by molar-refractivity contribution is 0.572. The molecule has 0 bridgehead atoms. The maximum Gasteiger partial charge on any atom is 0.328 e. The third kappa shape index (κ3) is 2.80. The Morgan fingerprint density at radius 2 is 2.06 bits per heavy atom. The number of aromatic amines is 1. The van der Waals surface area contributed by atoms with Crippen molar-refractivity contribution in [2.45, 2.75) is 31.2 Å². The summed E-state index contributed by atoms with van der Waals surface area (Å²) in [6.45, 7) is 2.27. The molecule has 90 valence electrons. The van der Waals surface area contributed by atoms with Crippen molar-refractivity contribution in [2.75, 3.05) is 0 Å². The van der Waals surface area contributed by atoms with Crippen molar-refractivity contribution in [3.63, 3.8) is 0 Å². The first kappa shape index (κ1) is 12.7. The third-order valence-electron chi connectivity index (χ3n) is 2.04. The zero-order valence-corrected chi connectivity index (χ0v) is 9.58. The minimum atomic E-state index is -4.10. The molecule has 0 aromatic carbocycles. The number of aromatic nitrogens is 2. The number of nitrogens with zero attached hydrogens (tertiary/aromatic N) is 1. The minimum Gasteiger partial charge on any atom is -0.299 e. The van der Waals surface area contributed by atoms with Gasteiger partial charge in [0.05, 0.1) is 0 Å². The average molecular weight is 247 g/mol. The van der Waals surface area contributed by atoms with Crippen LogP contribution in [0, 0.1) is 0 Å². The number of hydrogen-bond donors (Lipinski definition) is 2. The van der Waals surface area contributed by atoms with Crippen LogP contribution in [-0.4, -0.2) is 18.0 Å². The first-order chi connectivity index (χ1) is 7.36. The van der Waals surface area contributed by atoms with E-state index in [2.05, 4.69) is 0 Å². The topological polar surface area (TPSA) is 115 Å². The minimum absolute atomic E-state index is 0.342. The predicted molar refractivity (Wildman–Crippen MR) is 57.6 cm³/mol.